The Bertz CT molecular complexity index is 1030. The molecule has 0 unspecified atom stereocenters. The summed E-state index contributed by atoms with van der Waals surface area (Å²) in [6.45, 7) is 4.64. The van der Waals surface area contributed by atoms with Gasteiger partial charge in [-0.15, -0.1) is 0 Å². The quantitative estimate of drug-likeness (QED) is 0.698. The van der Waals surface area contributed by atoms with E-state index in [1.807, 2.05) is 12.4 Å². The average Bonchev–Trinajstić information content (AvgIpc) is 3.51. The van der Waals surface area contributed by atoms with E-state index < -0.39 is 0 Å². The number of rotatable bonds is 5. The molecule has 7 nitrogen and oxygen atoms in total. The van der Waals surface area contributed by atoms with E-state index in [1.54, 1.807) is 0 Å². The van der Waals surface area contributed by atoms with Crippen molar-refractivity contribution in [3.05, 3.63) is 42.2 Å². The smallest absolute Gasteiger partial charge is 0.229 e. The first-order valence-corrected chi connectivity index (χ1v) is 11.2. The maximum Gasteiger partial charge on any atom is 0.229 e. The molecule has 1 N–H and O–H groups in total. The third kappa shape index (κ3) is 3.46. The van der Waals surface area contributed by atoms with Crippen molar-refractivity contribution in [2.24, 2.45) is 11.8 Å². The van der Waals surface area contributed by atoms with E-state index in [1.165, 1.54) is 31.2 Å². The minimum Gasteiger partial charge on any atom is -0.379 e. The van der Waals surface area contributed by atoms with Gasteiger partial charge in [-0.3, -0.25) is 4.90 Å². The number of hydrogen-bond acceptors (Lipinski definition) is 6. The minimum absolute atomic E-state index is 0.503. The topological polar surface area (TPSA) is 68.1 Å². The summed E-state index contributed by atoms with van der Waals surface area (Å²) in [6.07, 6.45) is 9.13. The molecule has 2 saturated carbocycles. The molecule has 3 aliphatic rings. The van der Waals surface area contributed by atoms with Crippen molar-refractivity contribution in [2.75, 3.05) is 31.6 Å². The molecular weight excluding hydrogens is 376 g/mol. The summed E-state index contributed by atoms with van der Waals surface area (Å²) in [5.41, 5.74) is 3.27. The highest BCUT2D eigenvalue weighted by Gasteiger charge is 2.41. The molecule has 30 heavy (non-hydrogen) atoms. The predicted octanol–water partition coefficient (Wildman–Crippen LogP) is 3.76. The van der Waals surface area contributed by atoms with E-state index in [0.717, 1.165) is 61.4 Å². The van der Waals surface area contributed by atoms with Crippen LogP contribution in [0.2, 0.25) is 0 Å². The van der Waals surface area contributed by atoms with Crippen molar-refractivity contribution in [3.8, 4) is 0 Å². The van der Waals surface area contributed by atoms with E-state index in [9.17, 15) is 0 Å². The van der Waals surface area contributed by atoms with Gasteiger partial charge in [-0.05, 0) is 48.8 Å². The Morgan fingerprint density at radius 1 is 1.03 bits per heavy atom. The van der Waals surface area contributed by atoms with E-state index in [-0.39, 0.29) is 0 Å². The fourth-order valence-electron chi connectivity index (χ4n) is 5.49. The number of ether oxygens (including phenoxy) is 1. The molecule has 6 rings (SSSR count). The van der Waals surface area contributed by atoms with E-state index in [0.29, 0.717) is 12.0 Å². The number of nitrogens with zero attached hydrogens (tertiary/aromatic N) is 5. The standard InChI is InChI=1S/C23H28N6O/c1-4-18-11-17(1)12-21(18)29-22-19(14-25-29)13-24-23(27-22)26-20-5-2-16(3-6-20)15-28-7-9-30-10-8-28/h2-3,5-6,13-14,17-18,21H,1,4,7-12,15H2,(H,24,26,27)/t17-,18+,21+/m1/s1. The van der Waals surface area contributed by atoms with Crippen LogP contribution in [0.5, 0.6) is 0 Å². The molecule has 2 aromatic heterocycles. The fraction of sp³-hybridized carbons (Fsp3) is 0.522. The summed E-state index contributed by atoms with van der Waals surface area (Å²) in [7, 11) is 0. The number of hydrogen-bond donors (Lipinski definition) is 1. The van der Waals surface area contributed by atoms with Crippen molar-refractivity contribution < 1.29 is 4.74 Å². The lowest BCUT2D eigenvalue weighted by Crippen LogP contribution is -2.35. The Hall–Kier alpha value is -2.51. The molecule has 0 amide bonds. The van der Waals surface area contributed by atoms with Crippen LogP contribution in [-0.2, 0) is 11.3 Å². The van der Waals surface area contributed by atoms with Crippen LogP contribution in [-0.4, -0.2) is 51.0 Å². The zero-order valence-corrected chi connectivity index (χ0v) is 17.2. The van der Waals surface area contributed by atoms with Crippen LogP contribution in [0.3, 0.4) is 0 Å². The second kappa shape index (κ2) is 7.63. The zero-order chi connectivity index (χ0) is 19.9. The van der Waals surface area contributed by atoms with Crippen LogP contribution in [0.15, 0.2) is 36.7 Å². The van der Waals surface area contributed by atoms with Gasteiger partial charge in [0.2, 0.25) is 5.95 Å². The summed E-state index contributed by atoms with van der Waals surface area (Å²) < 4.78 is 7.60. The van der Waals surface area contributed by atoms with Crippen LogP contribution in [0, 0.1) is 11.8 Å². The van der Waals surface area contributed by atoms with E-state index in [2.05, 4.69) is 49.2 Å². The molecule has 3 heterocycles. The second-order valence-electron chi connectivity index (χ2n) is 9.01. The SMILES string of the molecule is c1cc(Nc2ncc3cnn([C@H]4C[C@@H]5CC[C@H]4C5)c3n2)ccc1CN1CCOCC1. The van der Waals surface area contributed by atoms with Gasteiger partial charge in [0.1, 0.15) is 0 Å². The molecule has 3 aromatic rings. The fourth-order valence-corrected chi connectivity index (χ4v) is 5.49. The highest BCUT2D eigenvalue weighted by molar-refractivity contribution is 5.75. The summed E-state index contributed by atoms with van der Waals surface area (Å²) in [6, 6.07) is 9.07. The van der Waals surface area contributed by atoms with Crippen LogP contribution in [0.4, 0.5) is 11.6 Å². The van der Waals surface area contributed by atoms with Gasteiger partial charge in [0, 0.05) is 31.5 Å². The Morgan fingerprint density at radius 3 is 2.67 bits per heavy atom. The third-order valence-corrected chi connectivity index (χ3v) is 7.07. The van der Waals surface area contributed by atoms with Gasteiger partial charge >= 0.3 is 0 Å². The molecule has 3 atom stereocenters. The molecule has 7 heteroatoms. The third-order valence-electron chi connectivity index (χ3n) is 7.07. The molecule has 0 radical (unpaired) electrons. The molecule has 1 aliphatic heterocycles. The number of nitrogens with one attached hydrogen (secondary N) is 1. The number of fused-ring (bicyclic) bond motifs is 3. The first-order chi connectivity index (χ1) is 14.8. The van der Waals surface area contributed by atoms with E-state index in [4.69, 9.17) is 9.72 Å². The number of anilines is 2. The van der Waals surface area contributed by atoms with Gasteiger partial charge in [-0.2, -0.15) is 10.1 Å². The van der Waals surface area contributed by atoms with Gasteiger partial charge < -0.3 is 10.1 Å². The molecule has 1 aromatic carbocycles. The summed E-state index contributed by atoms with van der Waals surface area (Å²) in [5.74, 6) is 2.28. The van der Waals surface area contributed by atoms with Crippen molar-refractivity contribution in [1.29, 1.82) is 0 Å². The maximum absolute atomic E-state index is 5.43. The molecule has 3 fully saturated rings. The molecule has 0 spiro atoms. The number of morpholine rings is 1. The van der Waals surface area contributed by atoms with Crippen molar-refractivity contribution in [2.45, 2.75) is 38.3 Å². The van der Waals surface area contributed by atoms with Gasteiger partial charge in [0.15, 0.2) is 5.65 Å². The highest BCUT2D eigenvalue weighted by atomic mass is 16.5. The molecule has 1 saturated heterocycles. The Labute approximate surface area is 176 Å². The molecule has 2 aliphatic carbocycles. The maximum atomic E-state index is 5.43. The van der Waals surface area contributed by atoms with Crippen molar-refractivity contribution in [3.63, 3.8) is 0 Å². The Balaban J connectivity index is 1.18. The normalized spacial score (nSPS) is 26.5. The Morgan fingerprint density at radius 2 is 1.90 bits per heavy atom. The van der Waals surface area contributed by atoms with Crippen LogP contribution in [0.25, 0.3) is 11.0 Å². The van der Waals surface area contributed by atoms with Gasteiger partial charge in [-0.25, -0.2) is 9.67 Å². The van der Waals surface area contributed by atoms with Gasteiger partial charge in [0.05, 0.1) is 30.8 Å². The number of benzene rings is 1. The van der Waals surface area contributed by atoms with Gasteiger partial charge in [-0.1, -0.05) is 18.6 Å². The highest BCUT2D eigenvalue weighted by Crippen LogP contribution is 2.50. The first-order valence-electron chi connectivity index (χ1n) is 11.2. The second-order valence-corrected chi connectivity index (χ2v) is 9.01. The average molecular weight is 405 g/mol. The summed E-state index contributed by atoms with van der Waals surface area (Å²) in [4.78, 5) is 11.8. The van der Waals surface area contributed by atoms with Crippen molar-refractivity contribution >= 4 is 22.7 Å². The van der Waals surface area contributed by atoms with Crippen LogP contribution < -0.4 is 5.32 Å². The van der Waals surface area contributed by atoms with Crippen LogP contribution >= 0.6 is 0 Å². The lowest BCUT2D eigenvalue weighted by molar-refractivity contribution is 0.0342. The predicted molar refractivity (Wildman–Crippen MR) is 116 cm³/mol. The minimum atomic E-state index is 0.503. The molecule has 2 bridgehead atoms. The lowest BCUT2D eigenvalue weighted by Gasteiger charge is -2.26. The monoisotopic (exact) mass is 404 g/mol. The zero-order valence-electron chi connectivity index (χ0n) is 17.2. The molecular formula is C23H28N6O. The van der Waals surface area contributed by atoms with Gasteiger partial charge in [0.25, 0.3) is 0 Å². The Kier molecular flexibility index (Phi) is 4.65. The number of aromatic nitrogens is 4. The first kappa shape index (κ1) is 18.3. The summed E-state index contributed by atoms with van der Waals surface area (Å²) in [5, 5.41) is 9.07. The van der Waals surface area contributed by atoms with E-state index >= 15 is 0 Å². The van der Waals surface area contributed by atoms with Crippen molar-refractivity contribution in [1.82, 2.24) is 24.6 Å². The summed E-state index contributed by atoms with van der Waals surface area (Å²) >= 11 is 0. The lowest BCUT2D eigenvalue weighted by atomic mass is 9.95. The largest absolute Gasteiger partial charge is 0.379 e. The molecule has 156 valence electrons. The van der Waals surface area contributed by atoms with Crippen LogP contribution in [0.1, 0.15) is 37.3 Å².